The van der Waals surface area contributed by atoms with Crippen molar-refractivity contribution in [2.45, 2.75) is 57.1 Å². The summed E-state index contributed by atoms with van der Waals surface area (Å²) in [5, 5.41) is 0. The van der Waals surface area contributed by atoms with Gasteiger partial charge in [0.25, 0.3) is 0 Å². The third kappa shape index (κ3) is 6.31. The van der Waals surface area contributed by atoms with Crippen LogP contribution < -0.4 is 14.5 Å². The molecule has 1 aliphatic carbocycles. The number of aromatic nitrogens is 2. The number of ether oxygens (including phenoxy) is 1. The van der Waals surface area contributed by atoms with Crippen molar-refractivity contribution in [3.8, 4) is 6.01 Å². The Kier molecular flexibility index (Phi) is 9.02. The SMILES string of the molecule is [C-]#[N+]C[C@H]1CN(c2nc(O[C@H](C)C3CC(N(C)C)C3)nc3c2CCN(c2cccc(F)c2C(F)(F)F)C3)CCN1C(=O)C=C. The Morgan fingerprint density at radius 2 is 1.98 bits per heavy atom. The summed E-state index contributed by atoms with van der Waals surface area (Å²) < 4.78 is 62.5. The van der Waals surface area contributed by atoms with Crippen molar-refractivity contribution in [2.75, 3.05) is 56.6 Å². The van der Waals surface area contributed by atoms with E-state index in [9.17, 15) is 22.4 Å². The zero-order valence-corrected chi connectivity index (χ0v) is 25.1. The lowest BCUT2D eigenvalue weighted by molar-refractivity contribution is -0.139. The van der Waals surface area contributed by atoms with E-state index >= 15 is 0 Å². The molecule has 44 heavy (non-hydrogen) atoms. The number of amides is 1. The molecule has 0 unspecified atom stereocenters. The summed E-state index contributed by atoms with van der Waals surface area (Å²) in [6.07, 6.45) is -1.55. The van der Waals surface area contributed by atoms with Crippen molar-refractivity contribution in [1.29, 1.82) is 0 Å². The molecule has 236 valence electrons. The van der Waals surface area contributed by atoms with Gasteiger partial charge in [-0.1, -0.05) is 12.6 Å². The quantitative estimate of drug-likeness (QED) is 0.247. The van der Waals surface area contributed by atoms with Crippen molar-refractivity contribution >= 4 is 17.4 Å². The number of rotatable bonds is 8. The fourth-order valence-electron chi connectivity index (χ4n) is 6.38. The molecule has 0 bridgehead atoms. The Morgan fingerprint density at radius 1 is 1.23 bits per heavy atom. The third-order valence-electron chi connectivity index (χ3n) is 9.02. The van der Waals surface area contributed by atoms with Gasteiger partial charge in [0, 0.05) is 37.8 Å². The van der Waals surface area contributed by atoms with Crippen LogP contribution in [0.3, 0.4) is 0 Å². The number of anilines is 2. The lowest BCUT2D eigenvalue weighted by Crippen LogP contribution is -2.56. The molecule has 3 heterocycles. The summed E-state index contributed by atoms with van der Waals surface area (Å²) in [5.74, 6) is -0.673. The number of hydrogen-bond donors (Lipinski definition) is 0. The van der Waals surface area contributed by atoms with Gasteiger partial charge in [-0.25, -0.2) is 11.0 Å². The van der Waals surface area contributed by atoms with Crippen molar-refractivity contribution in [3.63, 3.8) is 0 Å². The molecule has 5 rings (SSSR count). The fourth-order valence-corrected chi connectivity index (χ4v) is 6.38. The number of carbonyl (C=O) groups excluding carboxylic acids is 1. The summed E-state index contributed by atoms with van der Waals surface area (Å²) in [4.78, 5) is 32.9. The number of alkyl halides is 3. The number of carbonyl (C=O) groups is 1. The molecular weight excluding hydrogens is 578 g/mol. The fraction of sp³-hybridized carbons (Fsp3) is 0.548. The van der Waals surface area contributed by atoms with Gasteiger partial charge >= 0.3 is 12.2 Å². The minimum atomic E-state index is -4.87. The Morgan fingerprint density at radius 3 is 2.64 bits per heavy atom. The molecule has 2 aromatic rings. The molecule has 3 aliphatic rings. The van der Waals surface area contributed by atoms with Crippen LogP contribution in [0.5, 0.6) is 6.01 Å². The first kappa shape index (κ1) is 31.5. The average Bonchev–Trinajstić information content (AvgIpc) is 2.94. The first-order valence-electron chi connectivity index (χ1n) is 14.8. The first-order chi connectivity index (χ1) is 20.9. The van der Waals surface area contributed by atoms with E-state index < -0.39 is 17.6 Å². The van der Waals surface area contributed by atoms with Gasteiger partial charge in [0.1, 0.15) is 29.3 Å². The van der Waals surface area contributed by atoms with Crippen LogP contribution in [0.15, 0.2) is 30.9 Å². The highest BCUT2D eigenvalue weighted by Crippen LogP contribution is 2.41. The lowest BCUT2D eigenvalue weighted by atomic mass is 9.76. The van der Waals surface area contributed by atoms with Crippen LogP contribution in [-0.2, 0) is 23.9 Å². The highest BCUT2D eigenvalue weighted by molar-refractivity contribution is 5.87. The van der Waals surface area contributed by atoms with Crippen LogP contribution in [0.2, 0.25) is 0 Å². The van der Waals surface area contributed by atoms with E-state index in [-0.39, 0.29) is 49.4 Å². The highest BCUT2D eigenvalue weighted by atomic mass is 19.4. The minimum Gasteiger partial charge on any atom is -0.460 e. The maximum Gasteiger partial charge on any atom is 0.421 e. The van der Waals surface area contributed by atoms with E-state index in [2.05, 4.69) is 16.3 Å². The normalized spacial score (nSPS) is 22.6. The van der Waals surface area contributed by atoms with E-state index in [1.165, 1.54) is 23.1 Å². The summed E-state index contributed by atoms with van der Waals surface area (Å²) in [7, 11) is 4.09. The standard InChI is InChI=1S/C31H37F4N7O2/c1-6-27(43)42-13-12-41(17-22(42)16-36-3)29-23-10-11-40(26-9-7-8-24(32)28(26)31(33,34)35)18-25(23)37-30(38-29)44-19(2)20-14-21(15-20)39(4)5/h6-9,19-22H,1,10-18H2,2,4-5H3/t19-,20?,21?,22+/m1/s1. The summed E-state index contributed by atoms with van der Waals surface area (Å²) in [6.45, 7) is 14.4. The molecule has 1 aromatic heterocycles. The molecule has 1 aromatic carbocycles. The van der Waals surface area contributed by atoms with Crippen LogP contribution >= 0.6 is 0 Å². The Balaban J connectivity index is 1.48. The van der Waals surface area contributed by atoms with Crippen LogP contribution in [0.4, 0.5) is 29.1 Å². The molecule has 13 heteroatoms. The topological polar surface area (TPSA) is 69.4 Å². The van der Waals surface area contributed by atoms with Gasteiger partial charge in [0.05, 0.1) is 17.9 Å². The van der Waals surface area contributed by atoms with Crippen LogP contribution in [0, 0.1) is 18.3 Å². The van der Waals surface area contributed by atoms with Crippen LogP contribution in [0.1, 0.15) is 36.6 Å². The molecule has 9 nitrogen and oxygen atoms in total. The van der Waals surface area contributed by atoms with E-state index in [0.29, 0.717) is 49.5 Å². The molecule has 2 atom stereocenters. The van der Waals surface area contributed by atoms with Gasteiger partial charge in [-0.05, 0) is 64.4 Å². The zero-order valence-electron chi connectivity index (χ0n) is 25.1. The summed E-state index contributed by atoms with van der Waals surface area (Å²) >= 11 is 0. The maximum absolute atomic E-state index is 14.5. The van der Waals surface area contributed by atoms with Crippen molar-refractivity contribution in [1.82, 2.24) is 19.8 Å². The van der Waals surface area contributed by atoms with Crippen LogP contribution in [-0.4, -0.2) is 90.7 Å². The maximum atomic E-state index is 14.5. The summed E-state index contributed by atoms with van der Waals surface area (Å²) in [5.41, 5.74) is -0.259. The van der Waals surface area contributed by atoms with Crippen molar-refractivity contribution < 1.29 is 27.1 Å². The van der Waals surface area contributed by atoms with E-state index in [4.69, 9.17) is 21.3 Å². The molecule has 0 radical (unpaired) electrons. The van der Waals surface area contributed by atoms with E-state index in [1.807, 2.05) is 25.9 Å². The third-order valence-corrected chi connectivity index (χ3v) is 9.02. The van der Waals surface area contributed by atoms with Gasteiger partial charge in [-0.3, -0.25) is 4.79 Å². The second-order valence-corrected chi connectivity index (χ2v) is 11.9. The molecule has 1 saturated heterocycles. The Labute approximate surface area is 254 Å². The van der Waals surface area contributed by atoms with E-state index in [1.54, 1.807) is 4.90 Å². The van der Waals surface area contributed by atoms with Gasteiger partial charge in [0.2, 0.25) is 12.5 Å². The van der Waals surface area contributed by atoms with Gasteiger partial charge < -0.3 is 29.2 Å². The smallest absolute Gasteiger partial charge is 0.421 e. The number of halogens is 4. The van der Waals surface area contributed by atoms with Crippen molar-refractivity contribution in [2.24, 2.45) is 5.92 Å². The van der Waals surface area contributed by atoms with Crippen LogP contribution in [0.25, 0.3) is 4.85 Å². The molecule has 0 N–H and O–H groups in total. The average molecular weight is 616 g/mol. The number of hydrogen-bond acceptors (Lipinski definition) is 7. The Bertz CT molecular complexity index is 1440. The minimum absolute atomic E-state index is 0.00859. The second kappa shape index (κ2) is 12.6. The van der Waals surface area contributed by atoms with Gasteiger partial charge in [-0.15, -0.1) is 0 Å². The Hall–Kier alpha value is -3.92. The molecule has 2 aliphatic heterocycles. The molecule has 0 spiro atoms. The van der Waals surface area contributed by atoms with Gasteiger partial charge in [-0.2, -0.15) is 23.1 Å². The second-order valence-electron chi connectivity index (χ2n) is 11.9. The number of fused-ring (bicyclic) bond motifs is 1. The number of nitrogens with zero attached hydrogens (tertiary/aromatic N) is 7. The predicted molar refractivity (Wildman–Crippen MR) is 158 cm³/mol. The highest BCUT2D eigenvalue weighted by Gasteiger charge is 2.40. The predicted octanol–water partition coefficient (Wildman–Crippen LogP) is 4.43. The molecule has 1 saturated carbocycles. The number of benzene rings is 1. The van der Waals surface area contributed by atoms with Crippen molar-refractivity contribution in [3.05, 3.63) is 64.9 Å². The molecule has 1 amide bonds. The number of piperazine rings is 1. The van der Waals surface area contributed by atoms with E-state index in [0.717, 1.165) is 24.5 Å². The largest absolute Gasteiger partial charge is 0.460 e. The van der Waals surface area contributed by atoms with Gasteiger partial charge in [0.15, 0.2) is 0 Å². The zero-order chi connectivity index (χ0) is 31.8. The lowest BCUT2D eigenvalue weighted by Gasteiger charge is -2.42. The monoisotopic (exact) mass is 615 g/mol. The summed E-state index contributed by atoms with van der Waals surface area (Å²) in [6, 6.07) is 3.58. The first-order valence-corrected chi connectivity index (χ1v) is 14.8. The molecular formula is C31H37F4N7O2. The molecule has 2 fully saturated rings.